The van der Waals surface area contributed by atoms with Crippen LogP contribution in [0.4, 0.5) is 5.82 Å². The summed E-state index contributed by atoms with van der Waals surface area (Å²) < 4.78 is 0. The molecule has 0 aliphatic rings. The highest BCUT2D eigenvalue weighted by Gasteiger charge is 1.97. The molecule has 3 heteroatoms. The summed E-state index contributed by atoms with van der Waals surface area (Å²) in [5, 5.41) is 7.76. The molecule has 1 aromatic heterocycles. The van der Waals surface area contributed by atoms with Crippen LogP contribution in [0.3, 0.4) is 0 Å². The van der Waals surface area contributed by atoms with Crippen LogP contribution in [0.25, 0.3) is 11.3 Å². The Bertz CT molecular complexity index is 381. The standard InChI is InChI=1S/C10H9N3.C2H6/c11-10-7-6-9(12-13-10)8-4-2-1-3-5-8;1-2/h1-7H,(H2,11,13);1-2H3. The Morgan fingerprint density at radius 1 is 0.867 bits per heavy atom. The molecule has 78 valence electrons. The van der Waals surface area contributed by atoms with Crippen LogP contribution < -0.4 is 5.73 Å². The van der Waals surface area contributed by atoms with E-state index in [9.17, 15) is 0 Å². The lowest BCUT2D eigenvalue weighted by atomic mass is 10.1. The average Bonchev–Trinajstić information content (AvgIpc) is 2.34. The molecule has 0 aliphatic carbocycles. The van der Waals surface area contributed by atoms with Gasteiger partial charge in [-0.15, -0.1) is 10.2 Å². The van der Waals surface area contributed by atoms with Crippen molar-refractivity contribution in [1.29, 1.82) is 0 Å². The third-order valence-corrected chi connectivity index (χ3v) is 1.75. The lowest BCUT2D eigenvalue weighted by Crippen LogP contribution is -1.93. The van der Waals surface area contributed by atoms with Gasteiger partial charge in [-0.05, 0) is 12.1 Å². The maximum atomic E-state index is 5.43. The van der Waals surface area contributed by atoms with Gasteiger partial charge in [0.05, 0.1) is 5.69 Å². The normalized spacial score (nSPS) is 8.93. The third kappa shape index (κ3) is 3.06. The molecule has 2 N–H and O–H groups in total. The van der Waals surface area contributed by atoms with E-state index in [2.05, 4.69) is 10.2 Å². The molecule has 3 nitrogen and oxygen atoms in total. The van der Waals surface area contributed by atoms with Gasteiger partial charge in [0.2, 0.25) is 0 Å². The molecule has 0 saturated carbocycles. The van der Waals surface area contributed by atoms with Gasteiger partial charge in [0.15, 0.2) is 0 Å². The summed E-state index contributed by atoms with van der Waals surface area (Å²) in [6, 6.07) is 13.5. The zero-order valence-corrected chi connectivity index (χ0v) is 9.01. The van der Waals surface area contributed by atoms with Crippen molar-refractivity contribution in [3.8, 4) is 11.3 Å². The lowest BCUT2D eigenvalue weighted by molar-refractivity contribution is 1.05. The molecule has 0 atom stereocenters. The summed E-state index contributed by atoms with van der Waals surface area (Å²) in [4.78, 5) is 0. The molecule has 0 spiro atoms. The smallest absolute Gasteiger partial charge is 0.146 e. The highest BCUT2D eigenvalue weighted by molar-refractivity contribution is 5.58. The first-order chi connectivity index (χ1) is 7.36. The number of nitrogens with zero attached hydrogens (tertiary/aromatic N) is 2. The molecule has 15 heavy (non-hydrogen) atoms. The zero-order valence-electron chi connectivity index (χ0n) is 9.01. The van der Waals surface area contributed by atoms with Crippen molar-refractivity contribution in [2.75, 3.05) is 5.73 Å². The molecule has 2 aromatic rings. The molecule has 0 fully saturated rings. The molecule has 0 unspecified atom stereocenters. The molecular formula is C12H15N3. The van der Waals surface area contributed by atoms with Crippen molar-refractivity contribution < 1.29 is 0 Å². The monoisotopic (exact) mass is 201 g/mol. The fourth-order valence-corrected chi connectivity index (χ4v) is 1.11. The Labute approximate surface area is 90.0 Å². The van der Waals surface area contributed by atoms with E-state index in [1.54, 1.807) is 6.07 Å². The van der Waals surface area contributed by atoms with Crippen molar-refractivity contribution in [2.45, 2.75) is 13.8 Å². The first-order valence-corrected chi connectivity index (χ1v) is 5.01. The van der Waals surface area contributed by atoms with E-state index in [0.717, 1.165) is 11.3 Å². The van der Waals surface area contributed by atoms with Crippen molar-refractivity contribution in [1.82, 2.24) is 10.2 Å². The second kappa shape index (κ2) is 5.75. The maximum Gasteiger partial charge on any atom is 0.146 e. The summed E-state index contributed by atoms with van der Waals surface area (Å²) in [5.41, 5.74) is 7.32. The molecule has 0 saturated heterocycles. The topological polar surface area (TPSA) is 51.8 Å². The molecule has 0 bridgehead atoms. The predicted octanol–water partition coefficient (Wildman–Crippen LogP) is 2.75. The SMILES string of the molecule is CC.Nc1ccc(-c2ccccc2)nn1. The number of anilines is 1. The number of aromatic nitrogens is 2. The van der Waals surface area contributed by atoms with Crippen LogP contribution in [-0.4, -0.2) is 10.2 Å². The molecule has 1 aromatic carbocycles. The molecule has 0 aliphatic heterocycles. The largest absolute Gasteiger partial charge is 0.382 e. The van der Waals surface area contributed by atoms with Gasteiger partial charge < -0.3 is 5.73 Å². The third-order valence-electron chi connectivity index (χ3n) is 1.75. The number of benzene rings is 1. The number of hydrogen-bond donors (Lipinski definition) is 1. The van der Waals surface area contributed by atoms with Gasteiger partial charge in [-0.25, -0.2) is 0 Å². The minimum absolute atomic E-state index is 0.444. The van der Waals surface area contributed by atoms with Crippen LogP contribution in [0.5, 0.6) is 0 Å². The maximum absolute atomic E-state index is 5.43. The molecule has 0 radical (unpaired) electrons. The van der Waals surface area contributed by atoms with Crippen LogP contribution in [0.15, 0.2) is 42.5 Å². The van der Waals surface area contributed by atoms with E-state index < -0.39 is 0 Å². The second-order valence-electron chi connectivity index (χ2n) is 2.71. The highest BCUT2D eigenvalue weighted by Crippen LogP contribution is 2.14. The van der Waals surface area contributed by atoms with Crippen molar-refractivity contribution in [2.24, 2.45) is 0 Å². The van der Waals surface area contributed by atoms with E-state index in [0.29, 0.717) is 5.82 Å². The summed E-state index contributed by atoms with van der Waals surface area (Å²) in [6.07, 6.45) is 0. The number of nitrogen functional groups attached to an aromatic ring is 1. The van der Waals surface area contributed by atoms with Gasteiger partial charge >= 0.3 is 0 Å². The first kappa shape index (κ1) is 11.2. The number of nitrogens with two attached hydrogens (primary N) is 1. The molecule has 1 heterocycles. The Morgan fingerprint density at radius 2 is 1.53 bits per heavy atom. The van der Waals surface area contributed by atoms with E-state index in [4.69, 9.17) is 5.73 Å². The van der Waals surface area contributed by atoms with Crippen LogP contribution in [-0.2, 0) is 0 Å². The van der Waals surface area contributed by atoms with E-state index >= 15 is 0 Å². The minimum Gasteiger partial charge on any atom is -0.382 e. The zero-order chi connectivity index (χ0) is 11.1. The Kier molecular flexibility index (Phi) is 4.29. The van der Waals surface area contributed by atoms with Crippen molar-refractivity contribution in [3.05, 3.63) is 42.5 Å². The fraction of sp³-hybridized carbons (Fsp3) is 0.167. The van der Waals surface area contributed by atoms with Crippen LogP contribution in [0.1, 0.15) is 13.8 Å². The molecule has 2 rings (SSSR count). The van der Waals surface area contributed by atoms with Crippen molar-refractivity contribution in [3.63, 3.8) is 0 Å². The summed E-state index contributed by atoms with van der Waals surface area (Å²) in [5.74, 6) is 0.444. The van der Waals surface area contributed by atoms with Gasteiger partial charge in [0.25, 0.3) is 0 Å². The average molecular weight is 201 g/mol. The van der Waals surface area contributed by atoms with Gasteiger partial charge in [-0.3, -0.25) is 0 Å². The van der Waals surface area contributed by atoms with Crippen LogP contribution in [0, 0.1) is 0 Å². The fourth-order valence-electron chi connectivity index (χ4n) is 1.11. The minimum atomic E-state index is 0.444. The molecular weight excluding hydrogens is 186 g/mol. The van der Waals surface area contributed by atoms with Gasteiger partial charge in [-0.1, -0.05) is 44.2 Å². The Hall–Kier alpha value is -1.90. The van der Waals surface area contributed by atoms with E-state index in [1.807, 2.05) is 50.2 Å². The quantitative estimate of drug-likeness (QED) is 0.771. The summed E-state index contributed by atoms with van der Waals surface area (Å²) in [6.45, 7) is 4.00. The first-order valence-electron chi connectivity index (χ1n) is 5.01. The lowest BCUT2D eigenvalue weighted by Gasteiger charge is -1.98. The highest BCUT2D eigenvalue weighted by atomic mass is 15.1. The Balaban J connectivity index is 0.000000531. The van der Waals surface area contributed by atoms with Gasteiger partial charge in [0, 0.05) is 5.56 Å². The second-order valence-corrected chi connectivity index (χ2v) is 2.71. The van der Waals surface area contributed by atoms with Crippen LogP contribution in [0.2, 0.25) is 0 Å². The predicted molar refractivity (Wildman–Crippen MR) is 63.2 cm³/mol. The number of hydrogen-bond acceptors (Lipinski definition) is 3. The number of rotatable bonds is 1. The Morgan fingerprint density at radius 3 is 2.07 bits per heavy atom. The van der Waals surface area contributed by atoms with E-state index in [1.165, 1.54) is 0 Å². The molecule has 0 amide bonds. The van der Waals surface area contributed by atoms with Gasteiger partial charge in [0.1, 0.15) is 5.82 Å². The van der Waals surface area contributed by atoms with E-state index in [-0.39, 0.29) is 0 Å². The van der Waals surface area contributed by atoms with Crippen LogP contribution >= 0.6 is 0 Å². The summed E-state index contributed by atoms with van der Waals surface area (Å²) in [7, 11) is 0. The summed E-state index contributed by atoms with van der Waals surface area (Å²) >= 11 is 0. The van der Waals surface area contributed by atoms with Gasteiger partial charge in [-0.2, -0.15) is 0 Å². The van der Waals surface area contributed by atoms with Crippen molar-refractivity contribution >= 4 is 5.82 Å².